The van der Waals surface area contributed by atoms with Crippen LogP contribution < -0.4 is 0 Å². The average molecular weight is 171 g/mol. The molecule has 0 aliphatic rings. The number of methoxy groups -OCH3 is 1. The van der Waals surface area contributed by atoms with Crippen molar-refractivity contribution < 1.29 is 14.1 Å². The van der Waals surface area contributed by atoms with Crippen LogP contribution in [0.25, 0.3) is 0 Å². The molecule has 0 spiro atoms. The quantitative estimate of drug-likeness (QED) is 0.504. The van der Waals surface area contributed by atoms with Crippen LogP contribution in [0.4, 0.5) is 0 Å². The molecule has 0 aromatic carbocycles. The molecule has 1 heterocycles. The average Bonchev–Trinajstić information content (AvgIpc) is 2.37. The third-order valence-corrected chi connectivity index (χ3v) is 1.41. The molecular weight excluding hydrogens is 162 g/mol. The molecule has 0 aliphatic carbocycles. The molecule has 1 aromatic heterocycles. The zero-order valence-electron chi connectivity index (χ0n) is 6.65. The Hall–Kier alpha value is -1.36. The Balaban J connectivity index is 2.69. The fraction of sp³-hybridized carbons (Fsp3) is 0.429. The van der Waals surface area contributed by atoms with Gasteiger partial charge in [-0.1, -0.05) is 0 Å². The highest BCUT2D eigenvalue weighted by Crippen LogP contribution is 2.12. The summed E-state index contributed by atoms with van der Waals surface area (Å²) in [5, 5.41) is 10.1. The Morgan fingerprint density at radius 1 is 1.75 bits per heavy atom. The third-order valence-electron chi connectivity index (χ3n) is 1.41. The number of hydrogen-bond donors (Lipinski definition) is 0. The third kappa shape index (κ3) is 2.06. The standard InChI is InChI=1S/C7H9NO4/c1-11-5-6-2-3-12-7(6)4-8(9)10/h2-3H,4-5H2,1H3. The van der Waals surface area contributed by atoms with E-state index in [0.717, 1.165) is 5.56 Å². The number of nitro groups is 1. The molecule has 1 aromatic rings. The van der Waals surface area contributed by atoms with E-state index >= 15 is 0 Å². The van der Waals surface area contributed by atoms with Crippen molar-refractivity contribution in [3.05, 3.63) is 33.8 Å². The van der Waals surface area contributed by atoms with E-state index in [4.69, 9.17) is 9.15 Å². The summed E-state index contributed by atoms with van der Waals surface area (Å²) in [6, 6.07) is 1.67. The van der Waals surface area contributed by atoms with Gasteiger partial charge in [0, 0.05) is 17.6 Å². The predicted octanol–water partition coefficient (Wildman–Crippen LogP) is 1.20. The molecular formula is C7H9NO4. The highest BCUT2D eigenvalue weighted by molar-refractivity contribution is 5.14. The van der Waals surface area contributed by atoms with E-state index in [2.05, 4.69) is 0 Å². The van der Waals surface area contributed by atoms with Gasteiger partial charge in [0.05, 0.1) is 12.9 Å². The van der Waals surface area contributed by atoms with Crippen molar-refractivity contribution in [2.24, 2.45) is 0 Å². The Kier molecular flexibility index (Phi) is 2.82. The Labute approximate surface area is 69.1 Å². The number of furan rings is 1. The lowest BCUT2D eigenvalue weighted by Gasteiger charge is -1.95. The van der Waals surface area contributed by atoms with Crippen molar-refractivity contribution in [1.29, 1.82) is 0 Å². The molecule has 0 saturated carbocycles. The van der Waals surface area contributed by atoms with Gasteiger partial charge in [-0.3, -0.25) is 10.1 Å². The second kappa shape index (κ2) is 3.87. The smallest absolute Gasteiger partial charge is 0.260 e. The summed E-state index contributed by atoms with van der Waals surface area (Å²) in [7, 11) is 1.53. The van der Waals surface area contributed by atoms with Crippen molar-refractivity contribution in [1.82, 2.24) is 0 Å². The predicted molar refractivity (Wildman–Crippen MR) is 40.1 cm³/mol. The summed E-state index contributed by atoms with van der Waals surface area (Å²) >= 11 is 0. The fourth-order valence-electron chi connectivity index (χ4n) is 0.907. The Morgan fingerprint density at radius 2 is 2.50 bits per heavy atom. The van der Waals surface area contributed by atoms with Crippen molar-refractivity contribution in [2.45, 2.75) is 13.2 Å². The highest BCUT2D eigenvalue weighted by Gasteiger charge is 2.11. The van der Waals surface area contributed by atoms with Gasteiger partial charge in [0.25, 0.3) is 6.54 Å². The minimum absolute atomic E-state index is 0.286. The molecule has 66 valence electrons. The molecule has 5 heteroatoms. The van der Waals surface area contributed by atoms with Crippen LogP contribution in [-0.4, -0.2) is 12.0 Å². The van der Waals surface area contributed by atoms with Crippen molar-refractivity contribution in [3.63, 3.8) is 0 Å². The van der Waals surface area contributed by atoms with Crippen LogP contribution in [0.2, 0.25) is 0 Å². The van der Waals surface area contributed by atoms with Crippen molar-refractivity contribution >= 4 is 0 Å². The SMILES string of the molecule is COCc1ccoc1C[N+](=O)[O-]. The number of rotatable bonds is 4. The lowest BCUT2D eigenvalue weighted by molar-refractivity contribution is -0.499. The van der Waals surface area contributed by atoms with Crippen LogP contribution in [0.3, 0.4) is 0 Å². The molecule has 0 N–H and O–H groups in total. The second-order valence-corrected chi connectivity index (χ2v) is 2.29. The van der Waals surface area contributed by atoms with E-state index in [1.807, 2.05) is 0 Å². The van der Waals surface area contributed by atoms with E-state index in [0.29, 0.717) is 12.4 Å². The first-order valence-electron chi connectivity index (χ1n) is 3.40. The van der Waals surface area contributed by atoms with E-state index in [-0.39, 0.29) is 6.54 Å². The minimum atomic E-state index is -0.433. The van der Waals surface area contributed by atoms with Crippen LogP contribution in [0.1, 0.15) is 11.3 Å². The van der Waals surface area contributed by atoms with Crippen LogP contribution in [-0.2, 0) is 17.9 Å². The normalized spacial score (nSPS) is 10.1. The van der Waals surface area contributed by atoms with Crippen LogP contribution >= 0.6 is 0 Å². The molecule has 0 atom stereocenters. The summed E-state index contributed by atoms with van der Waals surface area (Å²) in [6.45, 7) is 0.0609. The number of nitrogens with zero attached hydrogens (tertiary/aromatic N) is 1. The maximum Gasteiger partial charge on any atom is 0.260 e. The van der Waals surface area contributed by atoms with Gasteiger partial charge in [-0.15, -0.1) is 0 Å². The Bertz CT molecular complexity index is 268. The van der Waals surface area contributed by atoms with E-state index < -0.39 is 4.92 Å². The van der Waals surface area contributed by atoms with E-state index in [1.165, 1.54) is 13.4 Å². The topological polar surface area (TPSA) is 65.5 Å². The van der Waals surface area contributed by atoms with Crippen molar-refractivity contribution in [2.75, 3.05) is 7.11 Å². The molecule has 0 amide bonds. The van der Waals surface area contributed by atoms with Gasteiger partial charge >= 0.3 is 0 Å². The van der Waals surface area contributed by atoms with Gasteiger partial charge in [0.15, 0.2) is 5.76 Å². The van der Waals surface area contributed by atoms with Crippen molar-refractivity contribution in [3.8, 4) is 0 Å². The summed E-state index contributed by atoms with van der Waals surface area (Å²) in [6.07, 6.45) is 1.42. The molecule has 0 fully saturated rings. The first-order valence-corrected chi connectivity index (χ1v) is 3.40. The van der Waals surface area contributed by atoms with E-state index in [1.54, 1.807) is 6.07 Å². The zero-order valence-corrected chi connectivity index (χ0v) is 6.65. The Morgan fingerprint density at radius 3 is 3.08 bits per heavy atom. The van der Waals surface area contributed by atoms with Gasteiger partial charge in [-0.25, -0.2) is 0 Å². The maximum atomic E-state index is 10.1. The number of ether oxygens (including phenoxy) is 1. The molecule has 0 bridgehead atoms. The van der Waals surface area contributed by atoms with Crippen LogP contribution in [0.5, 0.6) is 0 Å². The summed E-state index contributed by atoms with van der Waals surface area (Å²) < 4.78 is 9.73. The molecule has 0 unspecified atom stereocenters. The van der Waals surface area contributed by atoms with Crippen LogP contribution in [0, 0.1) is 10.1 Å². The highest BCUT2D eigenvalue weighted by atomic mass is 16.6. The van der Waals surface area contributed by atoms with Gasteiger partial charge in [0.2, 0.25) is 0 Å². The number of hydrogen-bond acceptors (Lipinski definition) is 4. The summed E-state index contributed by atoms with van der Waals surface area (Å²) in [5.74, 6) is 0.363. The second-order valence-electron chi connectivity index (χ2n) is 2.29. The molecule has 1 rings (SSSR count). The molecule has 12 heavy (non-hydrogen) atoms. The molecule has 5 nitrogen and oxygen atoms in total. The first-order chi connectivity index (χ1) is 5.74. The van der Waals surface area contributed by atoms with Crippen LogP contribution in [0.15, 0.2) is 16.7 Å². The molecule has 0 aliphatic heterocycles. The fourth-order valence-corrected chi connectivity index (χ4v) is 0.907. The van der Waals surface area contributed by atoms with Gasteiger partial charge < -0.3 is 9.15 Å². The first kappa shape index (κ1) is 8.73. The summed E-state index contributed by atoms with van der Waals surface area (Å²) in [4.78, 5) is 9.70. The lowest BCUT2D eigenvalue weighted by atomic mass is 10.2. The maximum absolute atomic E-state index is 10.1. The zero-order chi connectivity index (χ0) is 8.97. The molecule has 0 saturated heterocycles. The lowest BCUT2D eigenvalue weighted by Crippen LogP contribution is -2.00. The largest absolute Gasteiger partial charge is 0.462 e. The minimum Gasteiger partial charge on any atom is -0.462 e. The monoisotopic (exact) mass is 171 g/mol. The molecule has 0 radical (unpaired) electrons. The summed E-state index contributed by atoms with van der Waals surface area (Å²) in [5.41, 5.74) is 0.731. The van der Waals surface area contributed by atoms with Gasteiger partial charge in [-0.05, 0) is 6.07 Å². The van der Waals surface area contributed by atoms with Gasteiger partial charge in [-0.2, -0.15) is 0 Å². The van der Waals surface area contributed by atoms with E-state index in [9.17, 15) is 10.1 Å². The van der Waals surface area contributed by atoms with Gasteiger partial charge in [0.1, 0.15) is 0 Å².